The molecule has 7 heteroatoms. The predicted octanol–water partition coefficient (Wildman–Crippen LogP) is 1.36. The number of ether oxygens (including phenoxy) is 1. The molecule has 0 aliphatic rings. The Balaban J connectivity index is 2.09. The zero-order chi connectivity index (χ0) is 15.2. The van der Waals surface area contributed by atoms with E-state index in [-0.39, 0.29) is 0 Å². The van der Waals surface area contributed by atoms with Crippen molar-refractivity contribution in [3.8, 4) is 5.69 Å². The third-order valence-corrected chi connectivity index (χ3v) is 3.24. The van der Waals surface area contributed by atoms with E-state index in [9.17, 15) is 4.79 Å². The van der Waals surface area contributed by atoms with E-state index in [2.05, 4.69) is 10.4 Å². The predicted molar refractivity (Wildman–Crippen MR) is 80.7 cm³/mol. The van der Waals surface area contributed by atoms with Crippen molar-refractivity contribution in [3.63, 3.8) is 0 Å². The van der Waals surface area contributed by atoms with Crippen molar-refractivity contribution in [2.45, 2.75) is 6.54 Å². The van der Waals surface area contributed by atoms with Gasteiger partial charge in [-0.1, -0.05) is 17.7 Å². The number of halogens is 1. The number of hydrogen-bond acceptors (Lipinski definition) is 4. The summed E-state index contributed by atoms with van der Waals surface area (Å²) in [4.78, 5) is 11.1. The minimum absolute atomic E-state index is 0.344. The summed E-state index contributed by atoms with van der Waals surface area (Å²) < 4.78 is 6.50. The lowest BCUT2D eigenvalue weighted by atomic mass is 10.2. The highest BCUT2D eigenvalue weighted by atomic mass is 35.5. The molecule has 21 heavy (non-hydrogen) atoms. The molecule has 1 aromatic heterocycles. The van der Waals surface area contributed by atoms with Gasteiger partial charge in [0.2, 0.25) is 0 Å². The van der Waals surface area contributed by atoms with Gasteiger partial charge in [0.1, 0.15) is 0 Å². The summed E-state index contributed by atoms with van der Waals surface area (Å²) in [6.07, 6.45) is 2.97. The van der Waals surface area contributed by atoms with Gasteiger partial charge in [0.15, 0.2) is 0 Å². The van der Waals surface area contributed by atoms with Gasteiger partial charge in [0, 0.05) is 26.4 Å². The summed E-state index contributed by atoms with van der Waals surface area (Å²) in [6, 6.07) is 5.67. The molecule has 0 fully saturated rings. The Morgan fingerprint density at radius 1 is 1.52 bits per heavy atom. The fourth-order valence-corrected chi connectivity index (χ4v) is 2.12. The smallest absolute Gasteiger partial charge is 0.251 e. The molecule has 6 nitrogen and oxygen atoms in total. The molecule has 3 N–H and O–H groups in total. The highest BCUT2D eigenvalue weighted by molar-refractivity contribution is 6.32. The van der Waals surface area contributed by atoms with Crippen LogP contribution in [0.2, 0.25) is 5.02 Å². The monoisotopic (exact) mass is 308 g/mol. The molecule has 2 aromatic rings. The van der Waals surface area contributed by atoms with Crippen LogP contribution in [-0.4, -0.2) is 35.9 Å². The Hall–Kier alpha value is -1.89. The van der Waals surface area contributed by atoms with E-state index in [0.29, 0.717) is 29.4 Å². The van der Waals surface area contributed by atoms with Crippen LogP contribution in [0.1, 0.15) is 15.9 Å². The van der Waals surface area contributed by atoms with E-state index in [1.165, 1.54) is 10.9 Å². The third kappa shape index (κ3) is 4.04. The second-order valence-electron chi connectivity index (χ2n) is 4.49. The first-order chi connectivity index (χ1) is 10.1. The van der Waals surface area contributed by atoms with Crippen LogP contribution in [0.5, 0.6) is 0 Å². The van der Waals surface area contributed by atoms with Crippen LogP contribution in [0, 0.1) is 0 Å². The van der Waals surface area contributed by atoms with Gasteiger partial charge in [0.25, 0.3) is 5.91 Å². The SMILES string of the molecule is COCCNCc1ccc(-n2cc(C(N)=O)cn2)c(Cl)c1. The third-order valence-electron chi connectivity index (χ3n) is 2.94. The molecule has 0 saturated heterocycles. The first-order valence-electron chi connectivity index (χ1n) is 6.44. The van der Waals surface area contributed by atoms with Crippen molar-refractivity contribution in [1.82, 2.24) is 15.1 Å². The first kappa shape index (κ1) is 15.5. The normalized spacial score (nSPS) is 10.8. The summed E-state index contributed by atoms with van der Waals surface area (Å²) in [6.45, 7) is 2.14. The van der Waals surface area contributed by atoms with Crippen LogP contribution < -0.4 is 11.1 Å². The van der Waals surface area contributed by atoms with Gasteiger partial charge in [-0.2, -0.15) is 5.10 Å². The lowest BCUT2D eigenvalue weighted by Gasteiger charge is -2.08. The molecule has 1 heterocycles. The standard InChI is InChI=1S/C14H17ClN4O2/c1-21-5-4-17-7-10-2-3-13(12(15)6-10)19-9-11(8-18-19)14(16)20/h2-3,6,8-9,17H,4-5,7H2,1H3,(H2,16,20). The molecule has 1 aromatic carbocycles. The lowest BCUT2D eigenvalue weighted by Crippen LogP contribution is -2.18. The van der Waals surface area contributed by atoms with E-state index >= 15 is 0 Å². The Kier molecular flexibility index (Phi) is 5.32. The summed E-state index contributed by atoms with van der Waals surface area (Å²) in [5, 5.41) is 7.88. The molecule has 0 bridgehead atoms. The number of carbonyl (C=O) groups is 1. The fourth-order valence-electron chi connectivity index (χ4n) is 1.83. The number of methoxy groups -OCH3 is 1. The van der Waals surface area contributed by atoms with Crippen LogP contribution in [0.4, 0.5) is 0 Å². The van der Waals surface area contributed by atoms with Gasteiger partial charge >= 0.3 is 0 Å². The highest BCUT2D eigenvalue weighted by Gasteiger charge is 2.08. The quantitative estimate of drug-likeness (QED) is 0.757. The van der Waals surface area contributed by atoms with Crippen molar-refractivity contribution in [3.05, 3.63) is 46.7 Å². The number of primary amides is 1. The number of aromatic nitrogens is 2. The number of hydrogen-bond donors (Lipinski definition) is 2. The number of carbonyl (C=O) groups excluding carboxylic acids is 1. The van der Waals surface area contributed by atoms with Crippen molar-refractivity contribution >= 4 is 17.5 Å². The van der Waals surface area contributed by atoms with Crippen LogP contribution >= 0.6 is 11.6 Å². The Morgan fingerprint density at radius 2 is 2.33 bits per heavy atom. The molecular formula is C14H17ClN4O2. The van der Waals surface area contributed by atoms with E-state index in [0.717, 1.165) is 12.1 Å². The van der Waals surface area contributed by atoms with Crippen LogP contribution in [0.3, 0.4) is 0 Å². The van der Waals surface area contributed by atoms with E-state index < -0.39 is 5.91 Å². The highest BCUT2D eigenvalue weighted by Crippen LogP contribution is 2.21. The number of nitrogens with one attached hydrogen (secondary N) is 1. The average molecular weight is 309 g/mol. The molecule has 0 aliphatic carbocycles. The van der Waals surface area contributed by atoms with E-state index in [4.69, 9.17) is 22.1 Å². The molecule has 0 unspecified atom stereocenters. The largest absolute Gasteiger partial charge is 0.383 e. The number of benzene rings is 1. The van der Waals surface area contributed by atoms with Gasteiger partial charge < -0.3 is 15.8 Å². The topological polar surface area (TPSA) is 82.2 Å². The van der Waals surface area contributed by atoms with Gasteiger partial charge in [0.05, 0.1) is 29.1 Å². The maximum Gasteiger partial charge on any atom is 0.251 e. The van der Waals surface area contributed by atoms with Gasteiger partial charge in [-0.15, -0.1) is 0 Å². The molecular weight excluding hydrogens is 292 g/mol. The zero-order valence-corrected chi connectivity index (χ0v) is 12.4. The summed E-state index contributed by atoms with van der Waals surface area (Å²) in [5.41, 5.74) is 7.30. The van der Waals surface area contributed by atoms with Crippen molar-refractivity contribution in [2.75, 3.05) is 20.3 Å². The van der Waals surface area contributed by atoms with Gasteiger partial charge in [-0.25, -0.2) is 4.68 Å². The maximum atomic E-state index is 11.1. The second kappa shape index (κ2) is 7.21. The molecule has 0 radical (unpaired) electrons. The maximum absolute atomic E-state index is 11.1. The molecule has 0 atom stereocenters. The number of amides is 1. The van der Waals surface area contributed by atoms with E-state index in [1.807, 2.05) is 18.2 Å². The van der Waals surface area contributed by atoms with E-state index in [1.54, 1.807) is 13.3 Å². The number of nitrogens with zero attached hydrogens (tertiary/aromatic N) is 2. The second-order valence-corrected chi connectivity index (χ2v) is 4.90. The molecule has 0 spiro atoms. The van der Waals surface area contributed by atoms with Crippen molar-refractivity contribution < 1.29 is 9.53 Å². The Bertz CT molecular complexity index is 627. The number of nitrogens with two attached hydrogens (primary N) is 1. The van der Waals surface area contributed by atoms with Gasteiger partial charge in [-0.05, 0) is 17.7 Å². The molecule has 0 aliphatic heterocycles. The summed E-state index contributed by atoms with van der Waals surface area (Å²) >= 11 is 6.26. The number of rotatable bonds is 7. The molecule has 1 amide bonds. The fraction of sp³-hybridized carbons (Fsp3) is 0.286. The molecule has 0 saturated carbocycles. The average Bonchev–Trinajstić information content (AvgIpc) is 2.93. The minimum atomic E-state index is -0.517. The zero-order valence-electron chi connectivity index (χ0n) is 11.7. The van der Waals surface area contributed by atoms with Crippen LogP contribution in [0.15, 0.2) is 30.6 Å². The molecule has 2 rings (SSSR count). The lowest BCUT2D eigenvalue weighted by molar-refractivity contribution is 0.100. The van der Waals surface area contributed by atoms with Crippen LogP contribution in [-0.2, 0) is 11.3 Å². The van der Waals surface area contributed by atoms with Gasteiger partial charge in [-0.3, -0.25) is 4.79 Å². The minimum Gasteiger partial charge on any atom is -0.383 e. The van der Waals surface area contributed by atoms with Crippen molar-refractivity contribution in [2.24, 2.45) is 5.73 Å². The Labute approximate surface area is 127 Å². The Morgan fingerprint density at radius 3 is 2.95 bits per heavy atom. The van der Waals surface area contributed by atoms with Crippen molar-refractivity contribution in [1.29, 1.82) is 0 Å². The first-order valence-corrected chi connectivity index (χ1v) is 6.82. The molecule has 112 valence electrons. The van der Waals surface area contributed by atoms with Crippen LogP contribution in [0.25, 0.3) is 5.69 Å². The summed E-state index contributed by atoms with van der Waals surface area (Å²) in [5.74, 6) is -0.517. The summed E-state index contributed by atoms with van der Waals surface area (Å²) in [7, 11) is 1.66.